The molecule has 0 unspecified atom stereocenters. The van der Waals surface area contributed by atoms with Crippen molar-refractivity contribution in [2.24, 2.45) is 5.73 Å². The average Bonchev–Trinajstić information content (AvgIpc) is 2.86. The third kappa shape index (κ3) is 2.39. The van der Waals surface area contributed by atoms with Gasteiger partial charge in [-0.25, -0.2) is 8.42 Å². The molecule has 88 valence electrons. The minimum Gasteiger partial charge on any atom is -0.325 e. The van der Waals surface area contributed by atoms with Crippen LogP contribution in [0.3, 0.4) is 0 Å². The molecule has 0 aliphatic heterocycles. The van der Waals surface area contributed by atoms with E-state index in [1.54, 1.807) is 18.2 Å². The fraction of sp³-hybridized carbons (Fsp3) is 0.455. The van der Waals surface area contributed by atoms with Crippen molar-refractivity contribution in [1.82, 2.24) is 0 Å². The van der Waals surface area contributed by atoms with Crippen LogP contribution in [0, 0.1) is 0 Å². The number of rotatable bonds is 3. The molecule has 0 atom stereocenters. The maximum absolute atomic E-state index is 11.6. The minimum atomic E-state index is -3.24. The Balaban J connectivity index is 2.49. The van der Waals surface area contributed by atoms with Crippen LogP contribution in [0.2, 0.25) is 5.02 Å². The SMILES string of the molecule is CS(=O)(=O)c1cccc(Cl)c1CC1(N)CC1. The first-order valence-electron chi connectivity index (χ1n) is 5.08. The summed E-state index contributed by atoms with van der Waals surface area (Å²) in [5, 5.41) is 0.486. The first-order chi connectivity index (χ1) is 7.32. The van der Waals surface area contributed by atoms with E-state index in [0.29, 0.717) is 21.9 Å². The van der Waals surface area contributed by atoms with Crippen molar-refractivity contribution in [2.45, 2.75) is 29.7 Å². The number of sulfone groups is 1. The Labute approximate surface area is 101 Å². The van der Waals surface area contributed by atoms with Gasteiger partial charge < -0.3 is 5.73 Å². The first-order valence-corrected chi connectivity index (χ1v) is 7.35. The summed E-state index contributed by atoms with van der Waals surface area (Å²) < 4.78 is 23.2. The van der Waals surface area contributed by atoms with Gasteiger partial charge in [0.1, 0.15) is 0 Å². The normalized spacial score (nSPS) is 18.4. The predicted molar refractivity (Wildman–Crippen MR) is 64.4 cm³/mol. The van der Waals surface area contributed by atoms with E-state index >= 15 is 0 Å². The number of hydrogen-bond donors (Lipinski definition) is 1. The van der Waals surface area contributed by atoms with Crippen molar-refractivity contribution in [3.8, 4) is 0 Å². The quantitative estimate of drug-likeness (QED) is 0.900. The molecule has 2 N–H and O–H groups in total. The predicted octanol–water partition coefficient (Wildman–Crippen LogP) is 1.78. The molecule has 0 heterocycles. The number of hydrogen-bond acceptors (Lipinski definition) is 3. The summed E-state index contributed by atoms with van der Waals surface area (Å²) in [4.78, 5) is 0.303. The maximum atomic E-state index is 11.6. The van der Waals surface area contributed by atoms with Crippen molar-refractivity contribution >= 4 is 21.4 Å². The molecule has 16 heavy (non-hydrogen) atoms. The molecule has 0 amide bonds. The molecular weight excluding hydrogens is 246 g/mol. The van der Waals surface area contributed by atoms with Gasteiger partial charge in [-0.3, -0.25) is 0 Å². The van der Waals surface area contributed by atoms with Gasteiger partial charge in [0, 0.05) is 16.8 Å². The highest BCUT2D eigenvalue weighted by molar-refractivity contribution is 7.90. The van der Waals surface area contributed by atoms with Gasteiger partial charge in [-0.15, -0.1) is 0 Å². The Morgan fingerprint density at radius 2 is 2.06 bits per heavy atom. The second-order valence-electron chi connectivity index (χ2n) is 4.53. The minimum absolute atomic E-state index is 0.246. The Morgan fingerprint density at radius 3 is 2.56 bits per heavy atom. The van der Waals surface area contributed by atoms with Gasteiger partial charge in [0.25, 0.3) is 0 Å². The van der Waals surface area contributed by atoms with Crippen LogP contribution in [-0.2, 0) is 16.3 Å². The van der Waals surface area contributed by atoms with Crippen molar-refractivity contribution in [3.05, 3.63) is 28.8 Å². The topological polar surface area (TPSA) is 60.2 Å². The van der Waals surface area contributed by atoms with Gasteiger partial charge in [-0.1, -0.05) is 17.7 Å². The van der Waals surface area contributed by atoms with Gasteiger partial charge in [0.2, 0.25) is 0 Å². The highest BCUT2D eigenvalue weighted by atomic mass is 35.5. The molecule has 0 saturated heterocycles. The van der Waals surface area contributed by atoms with E-state index in [4.69, 9.17) is 17.3 Å². The zero-order chi connectivity index (χ0) is 12.0. The second-order valence-corrected chi connectivity index (χ2v) is 6.92. The highest BCUT2D eigenvalue weighted by Gasteiger charge is 2.39. The zero-order valence-electron chi connectivity index (χ0n) is 9.03. The summed E-state index contributed by atoms with van der Waals surface area (Å²) in [6.07, 6.45) is 3.59. The van der Waals surface area contributed by atoms with E-state index in [9.17, 15) is 8.42 Å². The maximum Gasteiger partial charge on any atom is 0.175 e. The third-order valence-corrected chi connectivity index (χ3v) is 4.43. The summed E-state index contributed by atoms with van der Waals surface area (Å²) in [5.41, 5.74) is 6.42. The molecule has 1 aromatic carbocycles. The number of halogens is 1. The lowest BCUT2D eigenvalue weighted by Gasteiger charge is -2.13. The Hall–Kier alpha value is -0.580. The van der Waals surface area contributed by atoms with Crippen molar-refractivity contribution in [3.63, 3.8) is 0 Å². The van der Waals surface area contributed by atoms with Crippen molar-refractivity contribution in [2.75, 3.05) is 6.26 Å². The second kappa shape index (κ2) is 3.72. The Morgan fingerprint density at radius 1 is 1.44 bits per heavy atom. The van der Waals surface area contributed by atoms with E-state index in [1.165, 1.54) is 6.26 Å². The van der Waals surface area contributed by atoms with Gasteiger partial charge in [-0.05, 0) is 37.0 Å². The molecule has 1 saturated carbocycles. The van der Waals surface area contributed by atoms with Crippen molar-refractivity contribution in [1.29, 1.82) is 0 Å². The van der Waals surface area contributed by atoms with E-state index in [2.05, 4.69) is 0 Å². The lowest BCUT2D eigenvalue weighted by atomic mass is 10.1. The smallest absolute Gasteiger partial charge is 0.175 e. The van der Waals surface area contributed by atoms with Crippen LogP contribution in [0.25, 0.3) is 0 Å². The molecule has 1 aromatic rings. The van der Waals surface area contributed by atoms with Crippen LogP contribution in [-0.4, -0.2) is 20.2 Å². The average molecular weight is 260 g/mol. The highest BCUT2D eigenvalue weighted by Crippen LogP contribution is 2.38. The van der Waals surface area contributed by atoms with Gasteiger partial charge in [0.15, 0.2) is 9.84 Å². The van der Waals surface area contributed by atoms with E-state index < -0.39 is 9.84 Å². The van der Waals surface area contributed by atoms with Gasteiger partial charge in [-0.2, -0.15) is 0 Å². The lowest BCUT2D eigenvalue weighted by Crippen LogP contribution is -2.25. The van der Waals surface area contributed by atoms with Gasteiger partial charge in [0.05, 0.1) is 4.90 Å². The van der Waals surface area contributed by atoms with Crippen LogP contribution in [0.1, 0.15) is 18.4 Å². The summed E-state index contributed by atoms with van der Waals surface area (Å²) in [7, 11) is -3.24. The van der Waals surface area contributed by atoms with Crippen molar-refractivity contribution < 1.29 is 8.42 Å². The number of nitrogens with two attached hydrogens (primary N) is 1. The van der Waals surface area contributed by atoms with E-state index in [0.717, 1.165) is 12.8 Å². The fourth-order valence-corrected chi connectivity index (χ4v) is 3.00. The molecule has 5 heteroatoms. The summed E-state index contributed by atoms with van der Waals surface area (Å²) in [6.45, 7) is 0. The molecule has 2 rings (SSSR count). The van der Waals surface area contributed by atoms with E-state index in [1.807, 2.05) is 0 Å². The molecule has 1 aliphatic carbocycles. The summed E-state index contributed by atoms with van der Waals surface area (Å²) in [5.74, 6) is 0. The molecule has 0 aromatic heterocycles. The van der Waals surface area contributed by atoms with E-state index in [-0.39, 0.29) is 5.54 Å². The van der Waals surface area contributed by atoms with Crippen LogP contribution in [0.4, 0.5) is 0 Å². The van der Waals surface area contributed by atoms with Gasteiger partial charge >= 0.3 is 0 Å². The van der Waals surface area contributed by atoms with Crippen LogP contribution >= 0.6 is 11.6 Å². The standard InChI is InChI=1S/C11H14ClNO2S/c1-16(14,15)10-4-2-3-9(12)8(10)7-11(13)5-6-11/h2-4H,5-7,13H2,1H3. The third-order valence-electron chi connectivity index (χ3n) is 2.90. The largest absolute Gasteiger partial charge is 0.325 e. The molecule has 0 spiro atoms. The molecule has 0 bridgehead atoms. The van der Waals surface area contributed by atoms with Crippen LogP contribution in [0.5, 0.6) is 0 Å². The lowest BCUT2D eigenvalue weighted by molar-refractivity contribution is 0.598. The molecule has 1 fully saturated rings. The molecule has 1 aliphatic rings. The fourth-order valence-electron chi connectivity index (χ4n) is 1.75. The van der Waals surface area contributed by atoms with Crippen LogP contribution < -0.4 is 5.73 Å². The zero-order valence-corrected chi connectivity index (χ0v) is 10.6. The first kappa shape index (κ1) is 11.9. The Bertz CT molecular complexity index is 521. The summed E-state index contributed by atoms with van der Waals surface area (Å²) in [6, 6.07) is 4.94. The molecule has 0 radical (unpaired) electrons. The number of benzene rings is 1. The summed E-state index contributed by atoms with van der Waals surface area (Å²) >= 11 is 6.05. The molecule has 3 nitrogen and oxygen atoms in total. The van der Waals surface area contributed by atoms with Crippen LogP contribution in [0.15, 0.2) is 23.1 Å². The monoisotopic (exact) mass is 259 g/mol. The molecular formula is C11H14ClNO2S. The Kier molecular flexibility index (Phi) is 2.77.